The molecule has 2 aromatic carbocycles. The fraction of sp³-hybridized carbons (Fsp3) is 0.457. The molecular weight excluding hydrogens is 554 g/mol. The Labute approximate surface area is 263 Å². The van der Waals surface area contributed by atoms with E-state index in [0.29, 0.717) is 31.6 Å². The number of quaternary nitrogens is 1. The molecule has 240 valence electrons. The molecule has 2 amide bonds. The number of nitrogens with zero attached hydrogens (tertiary/aromatic N) is 2. The Bertz CT molecular complexity index is 1370. The number of carbonyl (C=O) groups is 2. The summed E-state index contributed by atoms with van der Waals surface area (Å²) in [5.74, 6) is 0. The monoisotopic (exact) mass is 606 g/mol. The van der Waals surface area contributed by atoms with Crippen LogP contribution in [0.4, 0.5) is 32.3 Å². The van der Waals surface area contributed by atoms with Gasteiger partial charge in [-0.3, -0.25) is 15.5 Å². The first kappa shape index (κ1) is 36.2. The van der Waals surface area contributed by atoms with E-state index in [0.717, 1.165) is 39.6 Å². The maximum absolute atomic E-state index is 13.3. The minimum Gasteiger partial charge on any atom is -0.444 e. The predicted molar refractivity (Wildman–Crippen MR) is 180 cm³/mol. The standard InChI is InChI=1S/C33H45N5O4.C2H6/c1-22-19-25(15-16-26(22)37-30(39)41-32(3,4)5)36-27-20-23(2)29(21-28(27)35-24-13-10-9-11-14-24)38(18-12-17-34)31(40)42-33(6,7)8;1-2/h9-11,13-14,16,19-21,35H,12,15,17-18,34H2,1-8H3,(H,37,39);1-2H3/p+1. The van der Waals surface area contributed by atoms with Crippen LogP contribution in [0, 0.1) is 6.92 Å². The van der Waals surface area contributed by atoms with E-state index in [1.54, 1.807) is 4.90 Å². The van der Waals surface area contributed by atoms with Gasteiger partial charge in [0, 0.05) is 30.4 Å². The Morgan fingerprint density at radius 1 is 1.00 bits per heavy atom. The van der Waals surface area contributed by atoms with Crippen LogP contribution in [0.3, 0.4) is 0 Å². The number of para-hydroxylation sites is 1. The number of nitrogens with one attached hydrogen (secondary N) is 1. The first-order valence-corrected chi connectivity index (χ1v) is 15.4. The van der Waals surface area contributed by atoms with Gasteiger partial charge in [-0.05, 0) is 104 Å². The van der Waals surface area contributed by atoms with Crippen LogP contribution in [0.5, 0.6) is 0 Å². The topological polar surface area (TPSA) is 123 Å². The molecule has 0 aromatic heterocycles. The molecule has 0 bridgehead atoms. The first-order chi connectivity index (χ1) is 20.6. The Morgan fingerprint density at radius 2 is 1.64 bits per heavy atom. The van der Waals surface area contributed by atoms with Crippen molar-refractivity contribution < 1.29 is 24.4 Å². The lowest BCUT2D eigenvalue weighted by Gasteiger charge is -2.28. The van der Waals surface area contributed by atoms with Crippen molar-refractivity contribution in [1.82, 2.24) is 5.32 Å². The van der Waals surface area contributed by atoms with Crippen LogP contribution in [0.15, 0.2) is 70.9 Å². The van der Waals surface area contributed by atoms with E-state index in [1.165, 1.54) is 0 Å². The van der Waals surface area contributed by atoms with Gasteiger partial charge in [0.1, 0.15) is 22.6 Å². The van der Waals surface area contributed by atoms with Crippen LogP contribution >= 0.6 is 0 Å². The summed E-state index contributed by atoms with van der Waals surface area (Å²) in [5.41, 5.74) is 11.3. The molecule has 44 heavy (non-hydrogen) atoms. The second-order valence-corrected chi connectivity index (χ2v) is 12.4. The Morgan fingerprint density at radius 3 is 2.20 bits per heavy atom. The Hall–Kier alpha value is -3.95. The third-order valence-corrected chi connectivity index (χ3v) is 6.18. The van der Waals surface area contributed by atoms with Crippen molar-refractivity contribution in [3.05, 3.63) is 71.5 Å². The minimum atomic E-state index is -0.632. The summed E-state index contributed by atoms with van der Waals surface area (Å²) in [5, 5.41) is 4.90. The number of allylic oxidation sites excluding steroid dienone is 3. The third-order valence-electron chi connectivity index (χ3n) is 6.18. The summed E-state index contributed by atoms with van der Waals surface area (Å²) in [6.45, 7) is 19.9. The minimum absolute atomic E-state index is 0.412. The molecule has 0 saturated carbocycles. The maximum Gasteiger partial charge on any atom is 0.414 e. The van der Waals surface area contributed by atoms with Crippen LogP contribution in [0.2, 0.25) is 0 Å². The zero-order valence-corrected chi connectivity index (χ0v) is 28.2. The highest BCUT2D eigenvalue weighted by molar-refractivity contribution is 6.01. The van der Waals surface area contributed by atoms with Crippen molar-refractivity contribution in [3.63, 3.8) is 0 Å². The van der Waals surface area contributed by atoms with Crippen LogP contribution in [0.1, 0.15) is 80.7 Å². The molecule has 0 saturated heterocycles. The number of ether oxygens (including phenoxy) is 2. The van der Waals surface area contributed by atoms with Gasteiger partial charge in [-0.1, -0.05) is 38.1 Å². The average molecular weight is 607 g/mol. The number of aliphatic imine (C=N–C) groups is 1. The quantitative estimate of drug-likeness (QED) is 0.269. The van der Waals surface area contributed by atoms with E-state index in [2.05, 4.69) is 10.6 Å². The first-order valence-electron chi connectivity index (χ1n) is 15.4. The molecule has 9 nitrogen and oxygen atoms in total. The summed E-state index contributed by atoms with van der Waals surface area (Å²) in [7, 11) is 0. The number of rotatable bonds is 8. The fourth-order valence-electron chi connectivity index (χ4n) is 4.36. The average Bonchev–Trinajstić information content (AvgIpc) is 2.92. The highest BCUT2D eigenvalue weighted by Crippen LogP contribution is 2.33. The molecule has 0 aliphatic heterocycles. The molecule has 0 spiro atoms. The van der Waals surface area contributed by atoms with Gasteiger partial charge in [0.2, 0.25) is 0 Å². The van der Waals surface area contributed by atoms with E-state index in [1.807, 2.05) is 124 Å². The lowest BCUT2D eigenvalue weighted by atomic mass is 10.0. The predicted octanol–water partition coefficient (Wildman–Crippen LogP) is 7.47. The Kier molecular flexibility index (Phi) is 13.4. The second-order valence-electron chi connectivity index (χ2n) is 12.4. The molecule has 0 heterocycles. The molecule has 0 unspecified atom stereocenters. The van der Waals surface area contributed by atoms with E-state index in [4.69, 9.17) is 20.2 Å². The summed E-state index contributed by atoms with van der Waals surface area (Å²) in [4.78, 5) is 32.3. The fourth-order valence-corrected chi connectivity index (χ4v) is 4.36. The summed E-state index contributed by atoms with van der Waals surface area (Å²) >= 11 is 0. The molecule has 3 rings (SSSR count). The molecular formula is C35H52N5O4+. The highest BCUT2D eigenvalue weighted by Gasteiger charge is 2.26. The summed E-state index contributed by atoms with van der Waals surface area (Å²) < 4.78 is 11.1. The summed E-state index contributed by atoms with van der Waals surface area (Å²) in [6, 6.07) is 14.0. The van der Waals surface area contributed by atoms with Crippen LogP contribution in [-0.4, -0.2) is 42.2 Å². The van der Waals surface area contributed by atoms with Crippen molar-refractivity contribution >= 4 is 40.6 Å². The number of benzene rings is 2. The number of aryl methyl sites for hydroxylation is 1. The summed E-state index contributed by atoms with van der Waals surface area (Å²) in [6.07, 6.45) is 4.18. The molecule has 1 aliphatic carbocycles. The maximum atomic E-state index is 13.3. The van der Waals surface area contributed by atoms with Gasteiger partial charge >= 0.3 is 12.2 Å². The van der Waals surface area contributed by atoms with Crippen molar-refractivity contribution in [1.29, 1.82) is 0 Å². The van der Waals surface area contributed by atoms with Gasteiger partial charge in [0.15, 0.2) is 5.69 Å². The van der Waals surface area contributed by atoms with Gasteiger partial charge in [-0.25, -0.2) is 14.6 Å². The Balaban J connectivity index is 0.00000330. The number of anilines is 1. The molecule has 0 atom stereocenters. The van der Waals surface area contributed by atoms with E-state index < -0.39 is 23.4 Å². The molecule has 9 heteroatoms. The van der Waals surface area contributed by atoms with Crippen molar-refractivity contribution in [3.8, 4) is 0 Å². The largest absolute Gasteiger partial charge is 0.444 e. The van der Waals surface area contributed by atoms with Crippen LogP contribution in [-0.2, 0) is 9.47 Å². The van der Waals surface area contributed by atoms with E-state index >= 15 is 0 Å². The number of nitrogens with two attached hydrogens (primary N) is 2. The van der Waals surface area contributed by atoms with E-state index in [9.17, 15) is 9.59 Å². The van der Waals surface area contributed by atoms with Gasteiger partial charge in [-0.2, -0.15) is 0 Å². The van der Waals surface area contributed by atoms with Gasteiger partial charge in [0.05, 0.1) is 5.69 Å². The van der Waals surface area contributed by atoms with E-state index in [-0.39, 0.29) is 0 Å². The van der Waals surface area contributed by atoms with Crippen LogP contribution < -0.4 is 21.3 Å². The van der Waals surface area contributed by atoms with Crippen LogP contribution in [0.25, 0.3) is 0 Å². The van der Waals surface area contributed by atoms with Crippen molar-refractivity contribution in [2.24, 2.45) is 10.7 Å². The smallest absolute Gasteiger partial charge is 0.414 e. The highest BCUT2D eigenvalue weighted by atomic mass is 16.6. The third kappa shape index (κ3) is 11.6. The van der Waals surface area contributed by atoms with Gasteiger partial charge in [-0.15, -0.1) is 0 Å². The van der Waals surface area contributed by atoms with Gasteiger partial charge < -0.3 is 15.2 Å². The number of amides is 2. The van der Waals surface area contributed by atoms with Gasteiger partial charge in [0.25, 0.3) is 0 Å². The number of hydrogen-bond acceptors (Lipinski definition) is 6. The SMILES string of the molecule is CC.CC1=CC(=Nc2cc(C)c(N(CCCN)C(=O)OC(C)(C)C)cc2[NH2+]c2ccccc2)CC=C1NC(=O)OC(C)(C)C. The molecule has 5 N–H and O–H groups in total. The molecule has 2 aromatic rings. The number of hydrogen-bond donors (Lipinski definition) is 3. The zero-order valence-electron chi connectivity index (χ0n) is 28.2. The molecule has 0 radical (unpaired) electrons. The molecule has 1 aliphatic rings. The van der Waals surface area contributed by atoms with Crippen molar-refractivity contribution in [2.45, 2.75) is 93.3 Å². The lowest BCUT2D eigenvalue weighted by molar-refractivity contribution is -0.477. The number of carbonyl (C=O) groups excluding carboxylic acids is 2. The molecule has 0 fully saturated rings. The van der Waals surface area contributed by atoms with Crippen molar-refractivity contribution in [2.75, 3.05) is 18.0 Å². The second kappa shape index (κ2) is 16.2. The zero-order chi connectivity index (χ0) is 33.1. The normalized spacial score (nSPS) is 14.1. The number of alkyl carbamates (subject to hydrolysis) is 1. The lowest BCUT2D eigenvalue weighted by Crippen LogP contribution is -2.71.